The molecule has 0 aliphatic carbocycles. The van der Waals surface area contributed by atoms with Gasteiger partial charge >= 0.3 is 5.63 Å². The van der Waals surface area contributed by atoms with Gasteiger partial charge in [0, 0.05) is 22.5 Å². The Balaban J connectivity index is 2.02. The maximum absolute atomic E-state index is 12.6. The largest absolute Gasteiger partial charge is 0.495 e. The zero-order valence-corrected chi connectivity index (χ0v) is 14.0. The minimum Gasteiger partial charge on any atom is -0.495 e. The van der Waals surface area contributed by atoms with Crippen LogP contribution in [0.25, 0.3) is 11.0 Å². The highest BCUT2D eigenvalue weighted by atomic mass is 35.5. The molecule has 0 aliphatic heterocycles. The average Bonchev–Trinajstić information content (AvgIpc) is 2.55. The maximum atomic E-state index is 12.6. The van der Waals surface area contributed by atoms with Crippen LogP contribution in [0.3, 0.4) is 0 Å². The zero-order valence-electron chi connectivity index (χ0n) is 12.4. The van der Waals surface area contributed by atoms with Crippen LogP contribution in [-0.2, 0) is 10.0 Å². The second kappa shape index (κ2) is 6.18. The molecule has 1 heterocycles. The van der Waals surface area contributed by atoms with E-state index in [1.165, 1.54) is 49.6 Å². The number of nitrogens with one attached hydrogen (secondary N) is 1. The summed E-state index contributed by atoms with van der Waals surface area (Å²) in [5, 5.41) is 0.927. The Bertz CT molecular complexity index is 1080. The van der Waals surface area contributed by atoms with Gasteiger partial charge in [-0.2, -0.15) is 0 Å². The smallest absolute Gasteiger partial charge is 0.336 e. The topological polar surface area (TPSA) is 85.6 Å². The molecule has 1 N–H and O–H groups in total. The monoisotopic (exact) mass is 365 g/mol. The predicted molar refractivity (Wildman–Crippen MR) is 91.3 cm³/mol. The highest BCUT2D eigenvalue weighted by molar-refractivity contribution is 7.92. The molecule has 0 unspecified atom stereocenters. The van der Waals surface area contributed by atoms with E-state index < -0.39 is 15.6 Å². The Morgan fingerprint density at radius 3 is 2.62 bits per heavy atom. The summed E-state index contributed by atoms with van der Waals surface area (Å²) in [7, 11) is -2.44. The molecule has 0 bridgehead atoms. The summed E-state index contributed by atoms with van der Waals surface area (Å²) in [5.41, 5.74) is 0.0780. The second-order valence-corrected chi connectivity index (χ2v) is 7.02. The van der Waals surface area contributed by atoms with Gasteiger partial charge in [0.05, 0.1) is 17.7 Å². The average molecular weight is 366 g/mol. The number of methoxy groups -OCH3 is 1. The van der Waals surface area contributed by atoms with Crippen LogP contribution in [-0.4, -0.2) is 15.5 Å². The standard InChI is InChI=1S/C16H12ClNO5S/c1-22-15-9-11(17)3-5-13(15)18-24(20,21)12-4-6-14-10(8-12)2-7-16(19)23-14/h2-9,18H,1H3. The molecule has 0 amide bonds. The van der Waals surface area contributed by atoms with Crippen molar-refractivity contribution in [1.82, 2.24) is 0 Å². The molecule has 6 nitrogen and oxygen atoms in total. The number of hydrogen-bond acceptors (Lipinski definition) is 5. The zero-order chi connectivity index (χ0) is 17.3. The molecular weight excluding hydrogens is 354 g/mol. The van der Waals surface area contributed by atoms with Crippen molar-refractivity contribution in [2.45, 2.75) is 4.90 Å². The predicted octanol–water partition coefficient (Wildman–Crippen LogP) is 3.26. The van der Waals surface area contributed by atoms with Crippen molar-refractivity contribution in [1.29, 1.82) is 0 Å². The fraction of sp³-hybridized carbons (Fsp3) is 0.0625. The van der Waals surface area contributed by atoms with E-state index in [0.717, 1.165) is 0 Å². The first-order valence-electron chi connectivity index (χ1n) is 6.79. The van der Waals surface area contributed by atoms with E-state index in [0.29, 0.717) is 21.7 Å². The Labute approximate surface area is 142 Å². The second-order valence-electron chi connectivity index (χ2n) is 4.90. The third-order valence-electron chi connectivity index (χ3n) is 3.31. The fourth-order valence-electron chi connectivity index (χ4n) is 2.17. The first-order valence-corrected chi connectivity index (χ1v) is 8.65. The van der Waals surface area contributed by atoms with Crippen LogP contribution in [0.5, 0.6) is 5.75 Å². The summed E-state index contributed by atoms with van der Waals surface area (Å²) in [6, 6.07) is 11.5. The van der Waals surface area contributed by atoms with Crippen molar-refractivity contribution in [3.8, 4) is 5.75 Å². The first-order chi connectivity index (χ1) is 11.4. The van der Waals surface area contributed by atoms with E-state index in [1.807, 2.05) is 0 Å². The van der Waals surface area contributed by atoms with Gasteiger partial charge in [-0.3, -0.25) is 4.72 Å². The van der Waals surface area contributed by atoms with Crippen LogP contribution in [0.15, 0.2) is 62.6 Å². The van der Waals surface area contributed by atoms with Gasteiger partial charge in [0.2, 0.25) is 0 Å². The molecule has 0 fully saturated rings. The lowest BCUT2D eigenvalue weighted by Gasteiger charge is -2.12. The van der Waals surface area contributed by atoms with Crippen LogP contribution in [0, 0.1) is 0 Å². The number of benzene rings is 2. The van der Waals surface area contributed by atoms with Gasteiger partial charge < -0.3 is 9.15 Å². The number of ether oxygens (including phenoxy) is 1. The van der Waals surface area contributed by atoms with E-state index in [9.17, 15) is 13.2 Å². The molecule has 24 heavy (non-hydrogen) atoms. The molecule has 1 aromatic heterocycles. The number of sulfonamides is 1. The molecule has 0 spiro atoms. The molecule has 0 saturated heterocycles. The first kappa shape index (κ1) is 16.4. The summed E-state index contributed by atoms with van der Waals surface area (Å²) in [6.07, 6.45) is 0. The lowest BCUT2D eigenvalue weighted by molar-refractivity contribution is 0.417. The quantitative estimate of drug-likeness (QED) is 0.717. The van der Waals surface area contributed by atoms with Crippen molar-refractivity contribution in [3.05, 3.63) is 64.0 Å². The third-order valence-corrected chi connectivity index (χ3v) is 4.91. The van der Waals surface area contributed by atoms with Gasteiger partial charge in [-0.15, -0.1) is 0 Å². The highest BCUT2D eigenvalue weighted by Gasteiger charge is 2.17. The summed E-state index contributed by atoms with van der Waals surface area (Å²) in [4.78, 5) is 11.2. The molecule has 0 aliphatic rings. The van der Waals surface area contributed by atoms with Crippen molar-refractivity contribution < 1.29 is 17.6 Å². The Morgan fingerprint density at radius 2 is 1.88 bits per heavy atom. The fourth-order valence-corrected chi connectivity index (χ4v) is 3.44. The molecule has 0 atom stereocenters. The van der Waals surface area contributed by atoms with Crippen molar-refractivity contribution in [2.75, 3.05) is 11.8 Å². The van der Waals surface area contributed by atoms with Gasteiger partial charge in [0.15, 0.2) is 0 Å². The van der Waals surface area contributed by atoms with Gasteiger partial charge in [-0.1, -0.05) is 11.6 Å². The normalized spacial score (nSPS) is 11.4. The molecule has 0 radical (unpaired) electrons. The van der Waals surface area contributed by atoms with Gasteiger partial charge in [-0.05, 0) is 36.4 Å². The van der Waals surface area contributed by atoms with E-state index >= 15 is 0 Å². The number of anilines is 1. The maximum Gasteiger partial charge on any atom is 0.336 e. The van der Waals surface area contributed by atoms with Crippen molar-refractivity contribution in [3.63, 3.8) is 0 Å². The SMILES string of the molecule is COc1cc(Cl)ccc1NS(=O)(=O)c1ccc2oc(=O)ccc2c1. The van der Waals surface area contributed by atoms with E-state index in [-0.39, 0.29) is 10.6 Å². The van der Waals surface area contributed by atoms with Crippen molar-refractivity contribution >= 4 is 38.3 Å². The van der Waals surface area contributed by atoms with E-state index in [2.05, 4.69) is 4.72 Å². The van der Waals surface area contributed by atoms with Crippen molar-refractivity contribution in [2.24, 2.45) is 0 Å². The molecular formula is C16H12ClNO5S. The number of halogens is 1. The number of rotatable bonds is 4. The van der Waals surface area contributed by atoms with Gasteiger partial charge in [0.1, 0.15) is 11.3 Å². The Kier molecular flexibility index (Phi) is 4.21. The molecule has 124 valence electrons. The molecule has 2 aromatic carbocycles. The molecule has 3 aromatic rings. The summed E-state index contributed by atoms with van der Waals surface area (Å²) in [5.74, 6) is 0.304. The van der Waals surface area contributed by atoms with Gasteiger partial charge in [0.25, 0.3) is 10.0 Å². The van der Waals surface area contributed by atoms with E-state index in [4.69, 9.17) is 20.8 Å². The molecule has 0 saturated carbocycles. The third kappa shape index (κ3) is 3.22. The van der Waals surface area contributed by atoms with Crippen LogP contribution < -0.4 is 15.1 Å². The van der Waals surface area contributed by atoms with Crippen LogP contribution in [0.4, 0.5) is 5.69 Å². The summed E-state index contributed by atoms with van der Waals surface area (Å²) >= 11 is 5.87. The van der Waals surface area contributed by atoms with Crippen LogP contribution in [0.2, 0.25) is 5.02 Å². The lowest BCUT2D eigenvalue weighted by Crippen LogP contribution is -2.13. The van der Waals surface area contributed by atoms with Crippen LogP contribution >= 0.6 is 11.6 Å². The Morgan fingerprint density at radius 1 is 1.08 bits per heavy atom. The van der Waals surface area contributed by atoms with E-state index in [1.54, 1.807) is 6.07 Å². The highest BCUT2D eigenvalue weighted by Crippen LogP contribution is 2.30. The molecule has 3 rings (SSSR count). The minimum absolute atomic E-state index is 0.0286. The number of fused-ring (bicyclic) bond motifs is 1. The Hall–Kier alpha value is -2.51. The minimum atomic E-state index is -3.85. The number of hydrogen-bond donors (Lipinski definition) is 1. The lowest BCUT2D eigenvalue weighted by atomic mass is 10.2. The summed E-state index contributed by atoms with van der Waals surface area (Å²) in [6.45, 7) is 0. The van der Waals surface area contributed by atoms with Gasteiger partial charge in [-0.25, -0.2) is 13.2 Å². The summed E-state index contributed by atoms with van der Waals surface area (Å²) < 4.78 is 37.7. The van der Waals surface area contributed by atoms with Crippen LogP contribution in [0.1, 0.15) is 0 Å². The molecule has 8 heteroatoms.